The van der Waals surface area contributed by atoms with Crippen molar-refractivity contribution in [1.82, 2.24) is 0 Å². The summed E-state index contributed by atoms with van der Waals surface area (Å²) in [6.45, 7) is 15.3. The van der Waals surface area contributed by atoms with Gasteiger partial charge in [-0.05, 0) is 90.3 Å². The first kappa shape index (κ1) is 17.3. The summed E-state index contributed by atoms with van der Waals surface area (Å²) < 4.78 is 1.46. The highest BCUT2D eigenvalue weighted by molar-refractivity contribution is 7.19. The fraction of sp³-hybridized carbons (Fsp3) is 0.280. The van der Waals surface area contributed by atoms with Crippen LogP contribution in [0.2, 0.25) is 0 Å². The van der Waals surface area contributed by atoms with Crippen molar-refractivity contribution in [2.24, 2.45) is 0 Å². The topological polar surface area (TPSA) is 0 Å². The zero-order valence-corrected chi connectivity index (χ0v) is 17.2. The number of thiophene rings is 1. The van der Waals surface area contributed by atoms with Gasteiger partial charge in [0.25, 0.3) is 0 Å². The summed E-state index contributed by atoms with van der Waals surface area (Å²) in [5.74, 6) is 0. The summed E-state index contributed by atoms with van der Waals surface area (Å²) in [7, 11) is 0. The molecule has 1 heteroatoms. The molecule has 1 aliphatic carbocycles. The summed E-state index contributed by atoms with van der Waals surface area (Å²) in [5, 5.41) is 4.35. The molecule has 0 unspecified atom stereocenters. The van der Waals surface area contributed by atoms with E-state index >= 15 is 0 Å². The van der Waals surface area contributed by atoms with Gasteiger partial charge in [-0.3, -0.25) is 0 Å². The lowest BCUT2D eigenvalue weighted by Crippen LogP contribution is -1.93. The molecule has 0 amide bonds. The van der Waals surface area contributed by atoms with Crippen LogP contribution >= 0.6 is 11.3 Å². The molecule has 0 fully saturated rings. The van der Waals surface area contributed by atoms with E-state index in [2.05, 4.69) is 71.6 Å². The van der Waals surface area contributed by atoms with E-state index in [9.17, 15) is 0 Å². The van der Waals surface area contributed by atoms with Gasteiger partial charge < -0.3 is 0 Å². The average molecular weight is 359 g/mol. The Morgan fingerprint density at radius 3 is 2.54 bits per heavy atom. The van der Waals surface area contributed by atoms with Gasteiger partial charge in [0.2, 0.25) is 0 Å². The molecule has 26 heavy (non-hydrogen) atoms. The summed E-state index contributed by atoms with van der Waals surface area (Å²) in [4.78, 5) is 1.44. The number of allylic oxidation sites excluding steroid dienone is 4. The predicted octanol–water partition coefficient (Wildman–Crippen LogP) is 7.92. The molecular weight excluding hydrogens is 332 g/mol. The Hall–Kier alpha value is -2.12. The average Bonchev–Trinajstić information content (AvgIpc) is 3.15. The number of hydrogen-bond donors (Lipinski definition) is 0. The number of fused-ring (bicyclic) bond motifs is 5. The molecule has 0 spiro atoms. The van der Waals surface area contributed by atoms with Crippen molar-refractivity contribution in [2.75, 3.05) is 0 Å². The number of rotatable bonds is 3. The molecular formula is C25H26S. The van der Waals surface area contributed by atoms with Crippen LogP contribution in [0.5, 0.6) is 0 Å². The van der Waals surface area contributed by atoms with E-state index in [4.69, 9.17) is 0 Å². The van der Waals surface area contributed by atoms with Gasteiger partial charge in [0.1, 0.15) is 0 Å². The minimum atomic E-state index is 1.02. The van der Waals surface area contributed by atoms with Crippen molar-refractivity contribution in [3.63, 3.8) is 0 Å². The second-order valence-corrected chi connectivity index (χ2v) is 8.50. The van der Waals surface area contributed by atoms with E-state index < -0.39 is 0 Å². The third-order valence-electron chi connectivity index (χ3n) is 6.00. The number of benzene rings is 2. The summed E-state index contributed by atoms with van der Waals surface area (Å²) >= 11 is 1.95. The Morgan fingerprint density at radius 1 is 1.12 bits per heavy atom. The molecule has 1 aliphatic rings. The van der Waals surface area contributed by atoms with Gasteiger partial charge in [-0.1, -0.05) is 43.9 Å². The monoisotopic (exact) mass is 358 g/mol. The van der Waals surface area contributed by atoms with E-state index in [-0.39, 0.29) is 0 Å². The molecule has 4 rings (SSSR count). The Morgan fingerprint density at radius 2 is 1.88 bits per heavy atom. The number of aryl methyl sites for hydroxylation is 3. The van der Waals surface area contributed by atoms with Crippen LogP contribution in [-0.2, 0) is 6.42 Å². The van der Waals surface area contributed by atoms with Gasteiger partial charge in [-0.2, -0.15) is 0 Å². The number of hydrogen-bond acceptors (Lipinski definition) is 1. The van der Waals surface area contributed by atoms with Crippen molar-refractivity contribution >= 4 is 43.8 Å². The van der Waals surface area contributed by atoms with Crippen LogP contribution in [0, 0.1) is 20.8 Å². The normalized spacial score (nSPS) is 14.2. The van der Waals surface area contributed by atoms with E-state index in [0.29, 0.717) is 0 Å². The highest BCUT2D eigenvalue weighted by atomic mass is 32.1. The molecule has 0 bridgehead atoms. The quantitative estimate of drug-likeness (QED) is 0.446. The molecule has 0 radical (unpaired) electrons. The molecule has 0 aliphatic heterocycles. The first-order valence-electron chi connectivity index (χ1n) is 9.48. The van der Waals surface area contributed by atoms with Gasteiger partial charge in [-0.15, -0.1) is 11.3 Å². The molecule has 0 saturated carbocycles. The van der Waals surface area contributed by atoms with Crippen molar-refractivity contribution in [2.45, 2.75) is 47.5 Å². The SMILES string of the molecule is C=CC1=C(CC)c2ccc3c(/C=C\C)c(C)c4sc(C)c(C)c4c3c2C1. The third-order valence-corrected chi connectivity index (χ3v) is 7.32. The molecule has 132 valence electrons. The fourth-order valence-electron chi connectivity index (χ4n) is 4.61. The predicted molar refractivity (Wildman–Crippen MR) is 119 cm³/mol. The first-order valence-corrected chi connectivity index (χ1v) is 10.3. The van der Waals surface area contributed by atoms with Crippen LogP contribution < -0.4 is 0 Å². The van der Waals surface area contributed by atoms with Crippen molar-refractivity contribution in [1.29, 1.82) is 0 Å². The second kappa shape index (κ2) is 6.25. The lowest BCUT2D eigenvalue weighted by molar-refractivity contribution is 1.22. The minimum Gasteiger partial charge on any atom is -0.140 e. The highest BCUT2D eigenvalue weighted by Gasteiger charge is 2.25. The third kappa shape index (κ3) is 2.20. The zero-order valence-electron chi connectivity index (χ0n) is 16.4. The first-order chi connectivity index (χ1) is 12.5. The van der Waals surface area contributed by atoms with Gasteiger partial charge in [0, 0.05) is 15.0 Å². The van der Waals surface area contributed by atoms with Crippen molar-refractivity contribution in [3.8, 4) is 0 Å². The summed E-state index contributed by atoms with van der Waals surface area (Å²) in [5.41, 5.74) is 10.1. The van der Waals surface area contributed by atoms with Crippen LogP contribution in [0.1, 0.15) is 53.0 Å². The summed E-state index contributed by atoms with van der Waals surface area (Å²) in [6, 6.07) is 4.70. The van der Waals surface area contributed by atoms with E-state index in [1.54, 1.807) is 0 Å². The van der Waals surface area contributed by atoms with E-state index in [0.717, 1.165) is 12.8 Å². The zero-order chi connectivity index (χ0) is 18.6. The molecule has 2 aromatic carbocycles. The maximum absolute atomic E-state index is 4.08. The molecule has 3 aromatic rings. The summed E-state index contributed by atoms with van der Waals surface area (Å²) in [6.07, 6.45) is 8.60. The molecule has 0 atom stereocenters. The molecule has 1 heterocycles. The largest absolute Gasteiger partial charge is 0.140 e. The van der Waals surface area contributed by atoms with Gasteiger partial charge in [0.05, 0.1) is 0 Å². The van der Waals surface area contributed by atoms with Crippen LogP contribution in [0.4, 0.5) is 0 Å². The Bertz CT molecular complexity index is 1130. The molecule has 1 aromatic heterocycles. The standard InChI is InChI=1S/C25H26S/c1-7-10-19-15(5)25-23(14(4)16(6)26-25)24-21(19)12-11-20-18(9-3)17(8-2)13-22(20)24/h7-8,10-12H,2,9,13H2,1,3-6H3/b10-7-. The van der Waals surface area contributed by atoms with E-state index in [1.807, 2.05) is 11.3 Å². The maximum Gasteiger partial charge on any atom is 0.0390 e. The maximum atomic E-state index is 4.08. The van der Waals surface area contributed by atoms with E-state index in [1.165, 1.54) is 64.7 Å². The van der Waals surface area contributed by atoms with Crippen molar-refractivity contribution < 1.29 is 0 Å². The Balaban J connectivity index is 2.24. The lowest BCUT2D eigenvalue weighted by atomic mass is 9.89. The smallest absolute Gasteiger partial charge is 0.0390 e. The van der Waals surface area contributed by atoms with Crippen LogP contribution in [-0.4, -0.2) is 0 Å². The van der Waals surface area contributed by atoms with Crippen molar-refractivity contribution in [3.05, 3.63) is 69.1 Å². The Kier molecular flexibility index (Phi) is 4.16. The van der Waals surface area contributed by atoms with Gasteiger partial charge in [-0.25, -0.2) is 0 Å². The lowest BCUT2D eigenvalue weighted by Gasteiger charge is -2.15. The van der Waals surface area contributed by atoms with Crippen LogP contribution in [0.3, 0.4) is 0 Å². The van der Waals surface area contributed by atoms with Gasteiger partial charge >= 0.3 is 0 Å². The minimum absolute atomic E-state index is 1.02. The molecule has 0 saturated heterocycles. The van der Waals surface area contributed by atoms with Crippen LogP contribution in [0.25, 0.3) is 32.5 Å². The highest BCUT2D eigenvalue weighted by Crippen LogP contribution is 2.47. The molecule has 0 nitrogen and oxygen atoms in total. The Labute approximate surface area is 160 Å². The fourth-order valence-corrected chi connectivity index (χ4v) is 5.79. The molecule has 0 N–H and O–H groups in total. The van der Waals surface area contributed by atoms with Crippen LogP contribution in [0.15, 0.2) is 36.4 Å². The second-order valence-electron chi connectivity index (χ2n) is 7.28. The van der Waals surface area contributed by atoms with Gasteiger partial charge in [0.15, 0.2) is 0 Å².